The van der Waals surface area contributed by atoms with Crippen LogP contribution in [0.3, 0.4) is 0 Å². The van der Waals surface area contributed by atoms with Crippen molar-refractivity contribution in [2.75, 3.05) is 26.2 Å². The van der Waals surface area contributed by atoms with E-state index < -0.39 is 0 Å². The second-order valence-corrected chi connectivity index (χ2v) is 6.84. The van der Waals surface area contributed by atoms with Crippen LogP contribution in [0.1, 0.15) is 17.5 Å². The minimum Gasteiger partial charge on any atom is -0.443 e. The quantitative estimate of drug-likeness (QED) is 0.766. The molecule has 140 valence electrons. The highest BCUT2D eigenvalue weighted by atomic mass is 16.3. The first-order valence-electron chi connectivity index (χ1n) is 9.18. The summed E-state index contributed by atoms with van der Waals surface area (Å²) < 4.78 is 5.31. The van der Waals surface area contributed by atoms with Crippen molar-refractivity contribution in [1.82, 2.24) is 19.8 Å². The lowest BCUT2D eigenvalue weighted by molar-refractivity contribution is -0.132. The summed E-state index contributed by atoms with van der Waals surface area (Å²) in [7, 11) is 0. The molecule has 0 radical (unpaired) electrons. The van der Waals surface area contributed by atoms with Crippen LogP contribution in [0.5, 0.6) is 0 Å². The summed E-state index contributed by atoms with van der Waals surface area (Å²) in [5, 5.41) is 0. The molecular weight excluding hydrogens is 344 g/mol. The van der Waals surface area contributed by atoms with Gasteiger partial charge in [0.25, 0.3) is 0 Å². The molecule has 1 saturated heterocycles. The summed E-state index contributed by atoms with van der Waals surface area (Å²) in [5.74, 6) is 0.188. The Balaban J connectivity index is 1.34. The zero-order valence-electron chi connectivity index (χ0n) is 15.1. The van der Waals surface area contributed by atoms with Crippen LogP contribution in [0.25, 0.3) is 11.1 Å². The first-order valence-corrected chi connectivity index (χ1v) is 9.18. The summed E-state index contributed by atoms with van der Waals surface area (Å²) in [6.45, 7) is 2.52. The van der Waals surface area contributed by atoms with Crippen molar-refractivity contribution in [2.24, 2.45) is 0 Å². The molecule has 7 nitrogen and oxygen atoms in total. The van der Waals surface area contributed by atoms with Crippen molar-refractivity contribution in [3.05, 3.63) is 54.2 Å². The van der Waals surface area contributed by atoms with Crippen LogP contribution in [0, 0.1) is 0 Å². The molecule has 3 heterocycles. The van der Waals surface area contributed by atoms with Crippen LogP contribution in [-0.2, 0) is 22.4 Å². The zero-order chi connectivity index (χ0) is 18.6. The molecule has 1 aliphatic rings. The van der Waals surface area contributed by atoms with E-state index in [1.807, 2.05) is 46.5 Å². The van der Waals surface area contributed by atoms with Gasteiger partial charge in [-0.3, -0.25) is 9.59 Å². The molecule has 0 atom stereocenters. The van der Waals surface area contributed by atoms with Crippen molar-refractivity contribution in [2.45, 2.75) is 19.3 Å². The lowest BCUT2D eigenvalue weighted by atomic mass is 10.1. The van der Waals surface area contributed by atoms with E-state index in [1.165, 1.54) is 6.39 Å². The van der Waals surface area contributed by atoms with E-state index in [0.29, 0.717) is 44.6 Å². The van der Waals surface area contributed by atoms with E-state index in [9.17, 15) is 9.59 Å². The molecule has 2 amide bonds. The topological polar surface area (TPSA) is 82.4 Å². The van der Waals surface area contributed by atoms with Crippen LogP contribution < -0.4 is 0 Å². The number of carbonyl (C=O) groups excluding carboxylic acids is 2. The molecule has 0 spiro atoms. The molecule has 1 aromatic carbocycles. The predicted molar refractivity (Wildman–Crippen MR) is 100.0 cm³/mol. The summed E-state index contributed by atoms with van der Waals surface area (Å²) in [5.41, 5.74) is 3.38. The molecule has 2 aromatic heterocycles. The SMILES string of the molecule is O=C(Cc1cc[nH]c1)N1CCCN(C(=O)Cc2ccc3ncoc3c2)CC1. The fraction of sp³-hybridized carbons (Fsp3) is 0.350. The van der Waals surface area contributed by atoms with Gasteiger partial charge in [-0.2, -0.15) is 0 Å². The summed E-state index contributed by atoms with van der Waals surface area (Å²) in [6.07, 6.45) is 6.59. The Labute approximate surface area is 157 Å². The van der Waals surface area contributed by atoms with Crippen LogP contribution in [-0.4, -0.2) is 57.8 Å². The maximum absolute atomic E-state index is 12.7. The number of carbonyl (C=O) groups is 2. The van der Waals surface area contributed by atoms with Gasteiger partial charge in [0.05, 0.1) is 12.8 Å². The number of nitrogens with one attached hydrogen (secondary N) is 1. The van der Waals surface area contributed by atoms with Crippen LogP contribution >= 0.6 is 0 Å². The Hall–Kier alpha value is -3.09. The van der Waals surface area contributed by atoms with E-state index in [2.05, 4.69) is 9.97 Å². The van der Waals surface area contributed by atoms with Gasteiger partial charge in [0.2, 0.25) is 11.8 Å². The van der Waals surface area contributed by atoms with Crippen molar-refractivity contribution in [3.8, 4) is 0 Å². The third-order valence-electron chi connectivity index (χ3n) is 4.97. The fourth-order valence-corrected chi connectivity index (χ4v) is 3.47. The van der Waals surface area contributed by atoms with E-state index in [1.54, 1.807) is 0 Å². The van der Waals surface area contributed by atoms with Crippen molar-refractivity contribution in [1.29, 1.82) is 0 Å². The standard InChI is InChI=1S/C20H22N4O3/c25-19(11-15-2-3-17-18(10-15)27-14-22-17)23-6-1-7-24(9-8-23)20(26)12-16-4-5-21-13-16/h2-5,10,13-14,21H,1,6-9,11-12H2. The fourth-order valence-electron chi connectivity index (χ4n) is 3.47. The van der Waals surface area contributed by atoms with Gasteiger partial charge in [-0.15, -0.1) is 0 Å². The Kier molecular flexibility index (Phi) is 4.91. The average molecular weight is 366 g/mol. The largest absolute Gasteiger partial charge is 0.443 e. The second-order valence-electron chi connectivity index (χ2n) is 6.84. The minimum atomic E-state index is 0.0776. The smallest absolute Gasteiger partial charge is 0.227 e. The molecule has 0 aliphatic carbocycles. The number of nitrogens with zero attached hydrogens (tertiary/aromatic N) is 3. The van der Waals surface area contributed by atoms with Crippen molar-refractivity contribution >= 4 is 22.9 Å². The van der Waals surface area contributed by atoms with Crippen LogP contribution in [0.2, 0.25) is 0 Å². The number of oxazole rings is 1. The Bertz CT molecular complexity index is 932. The molecule has 1 aliphatic heterocycles. The van der Waals surface area contributed by atoms with Crippen molar-refractivity contribution in [3.63, 3.8) is 0 Å². The van der Waals surface area contributed by atoms with Gasteiger partial charge in [-0.25, -0.2) is 4.98 Å². The lowest BCUT2D eigenvalue weighted by Crippen LogP contribution is -2.38. The summed E-state index contributed by atoms with van der Waals surface area (Å²) in [6, 6.07) is 7.56. The molecular formula is C20H22N4O3. The predicted octanol–water partition coefficient (Wildman–Crippen LogP) is 2.00. The number of hydrogen-bond donors (Lipinski definition) is 1. The highest BCUT2D eigenvalue weighted by Gasteiger charge is 2.22. The number of fused-ring (bicyclic) bond motifs is 1. The Morgan fingerprint density at radius 1 is 1.00 bits per heavy atom. The van der Waals surface area contributed by atoms with Gasteiger partial charge >= 0.3 is 0 Å². The molecule has 0 bridgehead atoms. The van der Waals surface area contributed by atoms with Crippen LogP contribution in [0.15, 0.2) is 47.5 Å². The van der Waals surface area contributed by atoms with Gasteiger partial charge in [0, 0.05) is 38.6 Å². The molecule has 4 rings (SSSR count). The molecule has 3 aromatic rings. The van der Waals surface area contributed by atoms with Gasteiger partial charge in [-0.05, 0) is 35.7 Å². The molecule has 0 unspecified atom stereocenters. The number of benzene rings is 1. The number of aromatic nitrogens is 2. The molecule has 1 N–H and O–H groups in total. The van der Waals surface area contributed by atoms with Gasteiger partial charge < -0.3 is 19.2 Å². The average Bonchev–Trinajstić information content (AvgIpc) is 3.27. The van der Waals surface area contributed by atoms with Crippen LogP contribution in [0.4, 0.5) is 0 Å². The van der Waals surface area contributed by atoms with E-state index in [0.717, 1.165) is 23.1 Å². The number of aromatic amines is 1. The van der Waals surface area contributed by atoms with E-state index in [-0.39, 0.29) is 11.8 Å². The van der Waals surface area contributed by atoms with E-state index >= 15 is 0 Å². The van der Waals surface area contributed by atoms with Crippen molar-refractivity contribution < 1.29 is 14.0 Å². The highest BCUT2D eigenvalue weighted by Crippen LogP contribution is 2.16. The molecule has 27 heavy (non-hydrogen) atoms. The Morgan fingerprint density at radius 3 is 2.44 bits per heavy atom. The van der Waals surface area contributed by atoms with E-state index in [4.69, 9.17) is 4.42 Å². The van der Waals surface area contributed by atoms with Gasteiger partial charge in [0.15, 0.2) is 12.0 Å². The second kappa shape index (κ2) is 7.65. The number of hydrogen-bond acceptors (Lipinski definition) is 4. The van der Waals surface area contributed by atoms with Gasteiger partial charge in [-0.1, -0.05) is 6.07 Å². The Morgan fingerprint density at radius 2 is 1.74 bits per heavy atom. The summed E-state index contributed by atoms with van der Waals surface area (Å²) in [4.78, 5) is 36.0. The number of rotatable bonds is 4. The first-order chi connectivity index (χ1) is 13.2. The minimum absolute atomic E-state index is 0.0776. The number of H-pyrrole nitrogens is 1. The first kappa shape index (κ1) is 17.3. The molecule has 0 saturated carbocycles. The highest BCUT2D eigenvalue weighted by molar-refractivity contribution is 5.81. The normalized spacial score (nSPS) is 15.1. The maximum Gasteiger partial charge on any atom is 0.227 e. The lowest BCUT2D eigenvalue weighted by Gasteiger charge is -2.22. The third kappa shape index (κ3) is 4.02. The molecule has 1 fully saturated rings. The summed E-state index contributed by atoms with van der Waals surface area (Å²) >= 11 is 0. The molecule has 7 heteroatoms. The van der Waals surface area contributed by atoms with Gasteiger partial charge in [0.1, 0.15) is 5.52 Å². The number of amides is 2. The third-order valence-corrected chi connectivity index (χ3v) is 4.97. The monoisotopic (exact) mass is 366 g/mol. The maximum atomic E-state index is 12.7. The zero-order valence-corrected chi connectivity index (χ0v) is 15.1.